The average molecular weight is 230 g/mol. The molecule has 1 N–H and O–H groups in total. The van der Waals surface area contributed by atoms with Crippen molar-refractivity contribution in [3.63, 3.8) is 0 Å². The predicted octanol–water partition coefficient (Wildman–Crippen LogP) is 2.84. The number of rotatable bonds is 4. The van der Waals surface area contributed by atoms with E-state index in [4.69, 9.17) is 11.6 Å². The molecule has 0 bridgehead atoms. The van der Waals surface area contributed by atoms with Crippen LogP contribution in [0, 0.1) is 0 Å². The second kappa shape index (κ2) is 5.12. The number of hydrogen-bond acceptors (Lipinski definition) is 3. The van der Waals surface area contributed by atoms with Crippen LogP contribution in [0.4, 0.5) is 5.82 Å². The van der Waals surface area contributed by atoms with Crippen molar-refractivity contribution in [2.75, 3.05) is 4.72 Å². The Balaban J connectivity index is 2.77. The molecule has 0 unspecified atom stereocenters. The van der Waals surface area contributed by atoms with Crippen LogP contribution in [0.3, 0.4) is 0 Å². The molecule has 0 aromatic carbocycles. The molecule has 0 saturated carbocycles. The van der Waals surface area contributed by atoms with Crippen molar-refractivity contribution in [2.24, 2.45) is 0 Å². The summed E-state index contributed by atoms with van der Waals surface area (Å²) in [4.78, 5) is 0. The minimum Gasteiger partial charge on any atom is -0.316 e. The van der Waals surface area contributed by atoms with E-state index >= 15 is 0 Å². The third kappa shape index (κ3) is 2.82. The highest BCUT2D eigenvalue weighted by molar-refractivity contribution is 7.81. The molecule has 0 aliphatic heterocycles. The summed E-state index contributed by atoms with van der Waals surface area (Å²) in [5, 5.41) is 4.92. The van der Waals surface area contributed by atoms with Crippen molar-refractivity contribution >= 4 is 30.2 Å². The van der Waals surface area contributed by atoms with E-state index in [-0.39, 0.29) is 0 Å². The van der Waals surface area contributed by atoms with Gasteiger partial charge in [0.15, 0.2) is 5.82 Å². The fraction of sp³-hybridized carbons (Fsp3) is 0.222. The zero-order chi connectivity index (χ0) is 10.6. The molecule has 5 heteroatoms. The lowest BCUT2D eigenvalue weighted by molar-refractivity contribution is 0.688. The van der Waals surface area contributed by atoms with Crippen molar-refractivity contribution < 1.29 is 0 Å². The van der Waals surface area contributed by atoms with Crippen LogP contribution in [-0.4, -0.2) is 9.78 Å². The van der Waals surface area contributed by atoms with Gasteiger partial charge in [0.05, 0.1) is 6.54 Å². The molecule has 76 valence electrons. The predicted molar refractivity (Wildman–Crippen MR) is 63.6 cm³/mol. The first-order chi connectivity index (χ1) is 6.67. The third-order valence-electron chi connectivity index (χ3n) is 1.78. The van der Waals surface area contributed by atoms with Crippen molar-refractivity contribution in [1.82, 2.24) is 9.78 Å². The molecule has 0 aliphatic rings. The van der Waals surface area contributed by atoms with E-state index in [2.05, 4.69) is 29.2 Å². The lowest BCUT2D eigenvalue weighted by atomic mass is 10.2. The number of nitrogens with one attached hydrogen (secondary N) is 1. The van der Waals surface area contributed by atoms with E-state index in [1.807, 2.05) is 19.2 Å². The molecule has 14 heavy (non-hydrogen) atoms. The summed E-state index contributed by atoms with van der Waals surface area (Å²) in [5.41, 5.74) is 0.959. The molecular weight excluding hydrogens is 218 g/mol. The van der Waals surface area contributed by atoms with Crippen molar-refractivity contribution in [3.05, 3.63) is 35.5 Å². The Morgan fingerprint density at radius 1 is 1.86 bits per heavy atom. The number of aromatic nitrogens is 2. The van der Waals surface area contributed by atoms with Crippen LogP contribution in [0.25, 0.3) is 0 Å². The molecule has 3 nitrogen and oxygen atoms in total. The van der Waals surface area contributed by atoms with Gasteiger partial charge in [-0.2, -0.15) is 5.10 Å². The Morgan fingerprint density at radius 2 is 2.57 bits per heavy atom. The maximum absolute atomic E-state index is 5.87. The highest BCUT2D eigenvalue weighted by Gasteiger charge is 2.00. The Hall–Kier alpha value is -0.870. The standard InChI is InChI=1S/C9H12ClN3S/c1-3-8(7(2)10)6-13-5-4-9(11-13)12-14/h3-5,14H,1,6H2,2H3,(H,11,12). The van der Waals surface area contributed by atoms with Gasteiger partial charge in [-0.05, 0) is 12.5 Å². The second-order valence-electron chi connectivity index (χ2n) is 2.77. The number of halogens is 1. The molecule has 1 aromatic rings. The molecule has 0 aliphatic carbocycles. The Bertz CT molecular complexity index is 353. The van der Waals surface area contributed by atoms with Crippen LogP contribution in [0.5, 0.6) is 0 Å². The van der Waals surface area contributed by atoms with E-state index in [0.29, 0.717) is 12.4 Å². The van der Waals surface area contributed by atoms with Crippen LogP contribution >= 0.6 is 24.4 Å². The topological polar surface area (TPSA) is 29.9 Å². The Kier molecular flexibility index (Phi) is 4.10. The van der Waals surface area contributed by atoms with Crippen molar-refractivity contribution in [2.45, 2.75) is 13.5 Å². The number of thiol groups is 1. The highest BCUT2D eigenvalue weighted by atomic mass is 35.5. The third-order valence-corrected chi connectivity index (χ3v) is 2.25. The largest absolute Gasteiger partial charge is 0.316 e. The van der Waals surface area contributed by atoms with E-state index in [9.17, 15) is 0 Å². The van der Waals surface area contributed by atoms with Crippen molar-refractivity contribution in [1.29, 1.82) is 0 Å². The summed E-state index contributed by atoms with van der Waals surface area (Å²) >= 11 is 9.76. The minimum atomic E-state index is 0.619. The number of hydrogen-bond donors (Lipinski definition) is 2. The van der Waals surface area contributed by atoms with E-state index in [0.717, 1.165) is 10.6 Å². The van der Waals surface area contributed by atoms with Crippen LogP contribution in [0.15, 0.2) is 35.5 Å². The normalized spacial score (nSPS) is 12.2. The summed E-state index contributed by atoms with van der Waals surface area (Å²) in [7, 11) is 0. The van der Waals surface area contributed by atoms with Crippen LogP contribution in [-0.2, 0) is 6.54 Å². The molecule has 0 amide bonds. The van der Waals surface area contributed by atoms with Gasteiger partial charge in [0.25, 0.3) is 0 Å². The van der Waals surface area contributed by atoms with Gasteiger partial charge < -0.3 is 4.72 Å². The summed E-state index contributed by atoms with van der Waals surface area (Å²) in [6, 6.07) is 1.83. The maximum atomic E-state index is 5.87. The zero-order valence-electron chi connectivity index (χ0n) is 7.87. The Labute approximate surface area is 94.0 Å². The number of anilines is 1. The zero-order valence-corrected chi connectivity index (χ0v) is 9.52. The van der Waals surface area contributed by atoms with Gasteiger partial charge in [-0.15, -0.1) is 0 Å². The van der Waals surface area contributed by atoms with Gasteiger partial charge in [0.1, 0.15) is 0 Å². The number of allylic oxidation sites excluding steroid dienone is 3. The summed E-state index contributed by atoms with van der Waals surface area (Å²) in [5.74, 6) is 0.712. The van der Waals surface area contributed by atoms with Crippen molar-refractivity contribution in [3.8, 4) is 0 Å². The first-order valence-electron chi connectivity index (χ1n) is 4.08. The molecule has 0 atom stereocenters. The molecule has 1 rings (SSSR count). The van der Waals surface area contributed by atoms with Crippen LogP contribution in [0.1, 0.15) is 6.92 Å². The van der Waals surface area contributed by atoms with E-state index in [1.165, 1.54) is 0 Å². The molecule has 0 fully saturated rings. The lowest BCUT2D eigenvalue weighted by Crippen LogP contribution is -2.01. The quantitative estimate of drug-likeness (QED) is 0.614. The van der Waals surface area contributed by atoms with Gasteiger partial charge >= 0.3 is 0 Å². The molecule has 1 aromatic heterocycles. The molecule has 0 saturated heterocycles. The summed E-state index contributed by atoms with van der Waals surface area (Å²) in [6.45, 7) is 6.14. The van der Waals surface area contributed by atoms with E-state index in [1.54, 1.807) is 10.8 Å². The molecule has 1 heterocycles. The summed E-state index contributed by atoms with van der Waals surface area (Å²) in [6.07, 6.45) is 3.58. The molecule has 0 spiro atoms. The van der Waals surface area contributed by atoms with Gasteiger partial charge in [-0.25, -0.2) is 0 Å². The van der Waals surface area contributed by atoms with Gasteiger partial charge in [-0.1, -0.05) is 37.1 Å². The highest BCUT2D eigenvalue weighted by Crippen LogP contribution is 2.12. The monoisotopic (exact) mass is 229 g/mol. The van der Waals surface area contributed by atoms with Crippen LogP contribution in [0.2, 0.25) is 0 Å². The SMILES string of the molecule is C=CC(Cn1ccc(NS)n1)=C(C)Cl. The Morgan fingerprint density at radius 3 is 3.00 bits per heavy atom. The number of nitrogens with zero attached hydrogens (tertiary/aromatic N) is 2. The molecular formula is C9H12ClN3S. The maximum Gasteiger partial charge on any atom is 0.157 e. The van der Waals surface area contributed by atoms with E-state index < -0.39 is 0 Å². The first-order valence-corrected chi connectivity index (χ1v) is 4.91. The summed E-state index contributed by atoms with van der Waals surface area (Å²) < 4.78 is 4.42. The fourth-order valence-corrected chi connectivity index (χ4v) is 1.25. The van der Waals surface area contributed by atoms with Gasteiger partial charge in [0.2, 0.25) is 0 Å². The average Bonchev–Trinajstić information content (AvgIpc) is 2.61. The minimum absolute atomic E-state index is 0.619. The lowest BCUT2D eigenvalue weighted by Gasteiger charge is -2.03. The second-order valence-corrected chi connectivity index (χ2v) is 3.56. The van der Waals surface area contributed by atoms with Gasteiger partial charge in [-0.3, -0.25) is 4.68 Å². The first kappa shape index (κ1) is 11.2. The fourth-order valence-electron chi connectivity index (χ4n) is 0.998. The van der Waals surface area contributed by atoms with Gasteiger partial charge in [0, 0.05) is 17.3 Å². The van der Waals surface area contributed by atoms with Crippen LogP contribution < -0.4 is 4.72 Å². The smallest absolute Gasteiger partial charge is 0.157 e. The molecule has 0 radical (unpaired) electrons.